The zero-order valence-corrected chi connectivity index (χ0v) is 15.1. The fourth-order valence-corrected chi connectivity index (χ4v) is 3.20. The summed E-state index contributed by atoms with van der Waals surface area (Å²) in [6.07, 6.45) is 16.7. The van der Waals surface area contributed by atoms with Gasteiger partial charge < -0.3 is 10.6 Å². The van der Waals surface area contributed by atoms with Gasteiger partial charge in [-0.25, -0.2) is 0 Å². The third kappa shape index (κ3) is 6.46. The molecule has 1 saturated carbocycles. The molecule has 0 aromatic rings. The smallest absolute Gasteiger partial charge is 0.191 e. The van der Waals surface area contributed by atoms with E-state index in [-0.39, 0.29) is 24.0 Å². The van der Waals surface area contributed by atoms with E-state index in [1.54, 1.807) is 0 Å². The minimum Gasteiger partial charge on any atom is -0.356 e. The predicted octanol–water partition coefficient (Wildman–Crippen LogP) is 3.85. The van der Waals surface area contributed by atoms with Crippen LogP contribution in [-0.4, -0.2) is 25.6 Å². The molecule has 2 rings (SSSR count). The Morgan fingerprint density at radius 3 is 2.50 bits per heavy atom. The molecule has 0 radical (unpaired) electrons. The first-order valence-electron chi connectivity index (χ1n) is 8.00. The van der Waals surface area contributed by atoms with E-state index in [2.05, 4.69) is 27.8 Å². The third-order valence-corrected chi connectivity index (χ3v) is 4.38. The quantitative estimate of drug-likeness (QED) is 0.246. The first kappa shape index (κ1) is 17.8. The minimum atomic E-state index is 0. The second kappa shape index (κ2) is 10.5. The van der Waals surface area contributed by atoms with Crippen LogP contribution in [-0.2, 0) is 0 Å². The van der Waals surface area contributed by atoms with Crippen molar-refractivity contribution < 1.29 is 0 Å². The lowest BCUT2D eigenvalue weighted by Crippen LogP contribution is -2.42. The fraction of sp³-hybridized carbons (Fsp3) is 0.812. The van der Waals surface area contributed by atoms with Crippen molar-refractivity contribution in [3.8, 4) is 0 Å². The van der Waals surface area contributed by atoms with Crippen LogP contribution < -0.4 is 10.6 Å². The van der Waals surface area contributed by atoms with E-state index in [9.17, 15) is 0 Å². The topological polar surface area (TPSA) is 36.4 Å². The number of guanidine groups is 1. The molecular formula is C16H30IN3. The standard InChI is InChI=1S/C16H29N3.HI/c1-17-16(19-15-11-5-6-12-15)18-13-7-10-14-8-3-2-4-9-14;/h5-6,14-15H,2-4,7-13H2,1H3,(H2,17,18,19);1H. The van der Waals surface area contributed by atoms with Crippen LogP contribution in [0.3, 0.4) is 0 Å². The number of hydrogen-bond donors (Lipinski definition) is 2. The fourth-order valence-electron chi connectivity index (χ4n) is 3.20. The second-order valence-corrected chi connectivity index (χ2v) is 5.93. The Labute approximate surface area is 141 Å². The molecule has 0 aromatic carbocycles. The van der Waals surface area contributed by atoms with Gasteiger partial charge in [0.25, 0.3) is 0 Å². The van der Waals surface area contributed by atoms with Gasteiger partial charge in [0.05, 0.1) is 0 Å². The lowest BCUT2D eigenvalue weighted by Gasteiger charge is -2.22. The normalized spacial score (nSPS) is 20.8. The molecule has 0 unspecified atom stereocenters. The molecule has 2 N–H and O–H groups in total. The Balaban J connectivity index is 0.00000200. The van der Waals surface area contributed by atoms with Crippen LogP contribution in [0.1, 0.15) is 57.8 Å². The van der Waals surface area contributed by atoms with Gasteiger partial charge >= 0.3 is 0 Å². The molecule has 0 aliphatic heterocycles. The summed E-state index contributed by atoms with van der Waals surface area (Å²) in [5.41, 5.74) is 0. The van der Waals surface area contributed by atoms with Gasteiger partial charge in [-0.1, -0.05) is 44.3 Å². The van der Waals surface area contributed by atoms with Crippen molar-refractivity contribution in [3.63, 3.8) is 0 Å². The van der Waals surface area contributed by atoms with Crippen molar-refractivity contribution in [3.05, 3.63) is 12.2 Å². The van der Waals surface area contributed by atoms with Gasteiger partial charge in [-0.3, -0.25) is 4.99 Å². The molecule has 2 aliphatic rings. The predicted molar refractivity (Wildman–Crippen MR) is 97.9 cm³/mol. The maximum absolute atomic E-state index is 4.30. The van der Waals surface area contributed by atoms with Gasteiger partial charge in [0.2, 0.25) is 0 Å². The number of hydrogen-bond acceptors (Lipinski definition) is 1. The molecule has 3 nitrogen and oxygen atoms in total. The second-order valence-electron chi connectivity index (χ2n) is 5.93. The molecule has 20 heavy (non-hydrogen) atoms. The molecular weight excluding hydrogens is 361 g/mol. The first-order valence-corrected chi connectivity index (χ1v) is 8.00. The average Bonchev–Trinajstić information content (AvgIpc) is 2.96. The number of rotatable bonds is 5. The van der Waals surface area contributed by atoms with Crippen LogP contribution in [0, 0.1) is 5.92 Å². The maximum Gasteiger partial charge on any atom is 0.191 e. The lowest BCUT2D eigenvalue weighted by atomic mass is 9.86. The Bertz CT molecular complexity index is 301. The zero-order valence-electron chi connectivity index (χ0n) is 12.7. The van der Waals surface area contributed by atoms with Gasteiger partial charge in [-0.2, -0.15) is 0 Å². The molecule has 0 bridgehead atoms. The highest BCUT2D eigenvalue weighted by molar-refractivity contribution is 14.0. The summed E-state index contributed by atoms with van der Waals surface area (Å²) >= 11 is 0. The number of nitrogens with one attached hydrogen (secondary N) is 2. The van der Waals surface area contributed by atoms with Gasteiger partial charge in [0, 0.05) is 19.6 Å². The van der Waals surface area contributed by atoms with Crippen molar-refractivity contribution in [2.24, 2.45) is 10.9 Å². The summed E-state index contributed by atoms with van der Waals surface area (Å²) in [7, 11) is 1.86. The van der Waals surface area contributed by atoms with Gasteiger partial charge in [-0.15, -0.1) is 24.0 Å². The van der Waals surface area contributed by atoms with Crippen LogP contribution in [0.15, 0.2) is 17.1 Å². The average molecular weight is 391 g/mol. The number of halogens is 1. The van der Waals surface area contributed by atoms with Crippen molar-refractivity contribution in [2.75, 3.05) is 13.6 Å². The minimum absolute atomic E-state index is 0. The summed E-state index contributed by atoms with van der Waals surface area (Å²) in [4.78, 5) is 4.30. The summed E-state index contributed by atoms with van der Waals surface area (Å²) < 4.78 is 0. The van der Waals surface area contributed by atoms with Gasteiger partial charge in [0.1, 0.15) is 0 Å². The van der Waals surface area contributed by atoms with Crippen molar-refractivity contribution >= 4 is 29.9 Å². The zero-order chi connectivity index (χ0) is 13.3. The Morgan fingerprint density at radius 2 is 1.85 bits per heavy atom. The Kier molecular flexibility index (Phi) is 9.31. The largest absolute Gasteiger partial charge is 0.356 e. The molecule has 116 valence electrons. The van der Waals surface area contributed by atoms with Crippen LogP contribution in [0.4, 0.5) is 0 Å². The van der Waals surface area contributed by atoms with Gasteiger partial charge in [0.15, 0.2) is 5.96 Å². The summed E-state index contributed by atoms with van der Waals surface area (Å²) in [5.74, 6) is 1.96. The van der Waals surface area contributed by atoms with Crippen LogP contribution in [0.5, 0.6) is 0 Å². The summed E-state index contributed by atoms with van der Waals surface area (Å²) in [6, 6.07) is 0.546. The number of aliphatic imine (C=N–C) groups is 1. The summed E-state index contributed by atoms with van der Waals surface area (Å²) in [5, 5.41) is 6.93. The molecule has 0 saturated heterocycles. The van der Waals surface area contributed by atoms with Crippen molar-refractivity contribution in [1.82, 2.24) is 10.6 Å². The molecule has 0 spiro atoms. The van der Waals surface area contributed by atoms with Crippen LogP contribution in [0.2, 0.25) is 0 Å². The van der Waals surface area contributed by atoms with Crippen molar-refractivity contribution in [1.29, 1.82) is 0 Å². The third-order valence-electron chi connectivity index (χ3n) is 4.38. The SMILES string of the molecule is CN=C(NCCCC1CCCCC1)NC1CC=CC1.I. The molecule has 0 amide bonds. The molecule has 0 aromatic heterocycles. The van der Waals surface area contributed by atoms with E-state index in [0.29, 0.717) is 6.04 Å². The van der Waals surface area contributed by atoms with E-state index < -0.39 is 0 Å². The van der Waals surface area contributed by atoms with E-state index in [0.717, 1.165) is 31.3 Å². The van der Waals surface area contributed by atoms with Gasteiger partial charge in [-0.05, 0) is 31.6 Å². The number of nitrogens with zero attached hydrogens (tertiary/aromatic N) is 1. The summed E-state index contributed by atoms with van der Waals surface area (Å²) in [6.45, 7) is 1.05. The van der Waals surface area contributed by atoms with E-state index in [1.807, 2.05) is 7.05 Å². The molecule has 1 fully saturated rings. The van der Waals surface area contributed by atoms with E-state index in [1.165, 1.54) is 44.9 Å². The molecule has 4 heteroatoms. The highest BCUT2D eigenvalue weighted by Gasteiger charge is 2.13. The Hall–Kier alpha value is -0.260. The van der Waals surface area contributed by atoms with Crippen molar-refractivity contribution in [2.45, 2.75) is 63.8 Å². The first-order chi connectivity index (χ1) is 9.38. The van der Waals surface area contributed by atoms with E-state index in [4.69, 9.17) is 0 Å². The molecule has 0 heterocycles. The van der Waals surface area contributed by atoms with Crippen LogP contribution >= 0.6 is 24.0 Å². The lowest BCUT2D eigenvalue weighted by molar-refractivity contribution is 0.332. The highest BCUT2D eigenvalue weighted by atomic mass is 127. The van der Waals surface area contributed by atoms with Crippen LogP contribution in [0.25, 0.3) is 0 Å². The Morgan fingerprint density at radius 1 is 1.15 bits per heavy atom. The maximum atomic E-state index is 4.30. The molecule has 0 atom stereocenters. The van der Waals surface area contributed by atoms with E-state index >= 15 is 0 Å². The molecule has 2 aliphatic carbocycles. The monoisotopic (exact) mass is 391 g/mol. The highest BCUT2D eigenvalue weighted by Crippen LogP contribution is 2.26.